The van der Waals surface area contributed by atoms with Crippen molar-refractivity contribution in [2.75, 3.05) is 0 Å². The molecular formula is C15H15Cl2NOS. The highest BCUT2D eigenvalue weighted by molar-refractivity contribution is 7.10. The molecule has 1 aromatic carbocycles. The number of carbonyl (C=O) groups is 1. The van der Waals surface area contributed by atoms with Crippen LogP contribution < -0.4 is 5.32 Å². The monoisotopic (exact) mass is 327 g/mol. The number of amides is 1. The van der Waals surface area contributed by atoms with E-state index in [1.807, 2.05) is 24.4 Å². The lowest BCUT2D eigenvalue weighted by Crippen LogP contribution is -2.29. The van der Waals surface area contributed by atoms with Crippen molar-refractivity contribution in [3.05, 3.63) is 56.2 Å². The van der Waals surface area contributed by atoms with Crippen LogP contribution in [0.25, 0.3) is 0 Å². The van der Waals surface area contributed by atoms with Crippen LogP contribution in [0.1, 0.15) is 29.8 Å². The Bertz CT molecular complexity index is 563. The minimum atomic E-state index is -0.0692. The van der Waals surface area contributed by atoms with E-state index in [0.29, 0.717) is 15.6 Å². The van der Waals surface area contributed by atoms with E-state index in [2.05, 4.69) is 5.32 Å². The Morgan fingerprint density at radius 2 is 1.95 bits per heavy atom. The highest BCUT2D eigenvalue weighted by atomic mass is 35.5. The summed E-state index contributed by atoms with van der Waals surface area (Å²) in [6.45, 7) is 2.05. The van der Waals surface area contributed by atoms with Crippen LogP contribution in [0.15, 0.2) is 35.7 Å². The molecule has 2 aromatic rings. The third-order valence-corrected chi connectivity index (χ3v) is 4.72. The molecule has 0 aliphatic heterocycles. The average Bonchev–Trinajstić information content (AvgIpc) is 2.94. The molecule has 0 saturated heterocycles. The predicted octanol–water partition coefficient (Wildman–Crippen LogP) is 4.86. The zero-order chi connectivity index (χ0) is 14.5. The molecule has 0 bridgehead atoms. The van der Waals surface area contributed by atoms with Crippen molar-refractivity contribution in [1.29, 1.82) is 0 Å². The van der Waals surface area contributed by atoms with Crippen molar-refractivity contribution in [3.8, 4) is 0 Å². The van der Waals surface area contributed by atoms with Crippen LogP contribution in [0.4, 0.5) is 0 Å². The van der Waals surface area contributed by atoms with Gasteiger partial charge in [-0.2, -0.15) is 0 Å². The number of rotatable bonds is 5. The number of carbonyl (C=O) groups excluding carboxylic acids is 1. The van der Waals surface area contributed by atoms with Gasteiger partial charge < -0.3 is 5.32 Å². The van der Waals surface area contributed by atoms with E-state index < -0.39 is 0 Å². The highest BCUT2D eigenvalue weighted by Gasteiger charge is 2.16. The maximum absolute atomic E-state index is 12.2. The average molecular weight is 328 g/mol. The molecule has 1 atom stereocenters. The SMILES string of the molecule is CCC(NC(=O)Cc1c(Cl)cccc1Cl)c1cccs1. The first-order valence-electron chi connectivity index (χ1n) is 6.37. The summed E-state index contributed by atoms with van der Waals surface area (Å²) in [5, 5.41) is 6.08. The lowest BCUT2D eigenvalue weighted by atomic mass is 10.1. The van der Waals surface area contributed by atoms with Crippen LogP contribution in [0.2, 0.25) is 10.0 Å². The second-order valence-corrected chi connectivity index (χ2v) is 6.21. The number of thiophene rings is 1. The van der Waals surface area contributed by atoms with E-state index >= 15 is 0 Å². The van der Waals surface area contributed by atoms with E-state index in [0.717, 1.165) is 11.3 Å². The molecule has 0 spiro atoms. The van der Waals surface area contributed by atoms with Crippen molar-refractivity contribution in [2.45, 2.75) is 25.8 Å². The summed E-state index contributed by atoms with van der Waals surface area (Å²) in [7, 11) is 0. The lowest BCUT2D eigenvalue weighted by molar-refractivity contribution is -0.121. The maximum atomic E-state index is 12.2. The quantitative estimate of drug-likeness (QED) is 0.834. The minimum Gasteiger partial charge on any atom is -0.348 e. The van der Waals surface area contributed by atoms with Gasteiger partial charge in [-0.3, -0.25) is 4.79 Å². The molecule has 106 valence electrons. The van der Waals surface area contributed by atoms with Crippen molar-refractivity contribution in [3.63, 3.8) is 0 Å². The van der Waals surface area contributed by atoms with Crippen LogP contribution in [-0.4, -0.2) is 5.91 Å². The molecule has 0 radical (unpaired) electrons. The molecule has 2 nitrogen and oxygen atoms in total. The molecule has 1 aromatic heterocycles. The zero-order valence-corrected chi connectivity index (χ0v) is 13.4. The van der Waals surface area contributed by atoms with Gasteiger partial charge in [0, 0.05) is 14.9 Å². The predicted molar refractivity (Wildman–Crippen MR) is 85.7 cm³/mol. The fourth-order valence-corrected chi connectivity index (χ4v) is 3.36. The van der Waals surface area contributed by atoms with Crippen molar-refractivity contribution < 1.29 is 4.79 Å². The molecule has 5 heteroatoms. The highest BCUT2D eigenvalue weighted by Crippen LogP contribution is 2.26. The first-order chi connectivity index (χ1) is 9.61. The molecule has 0 aliphatic carbocycles. The van der Waals surface area contributed by atoms with Gasteiger partial charge in [0.15, 0.2) is 0 Å². The normalized spacial score (nSPS) is 12.2. The van der Waals surface area contributed by atoms with Gasteiger partial charge in [-0.25, -0.2) is 0 Å². The van der Waals surface area contributed by atoms with Gasteiger partial charge in [0.05, 0.1) is 12.5 Å². The second kappa shape index (κ2) is 7.11. The summed E-state index contributed by atoms with van der Waals surface area (Å²) in [6, 6.07) is 9.32. The Balaban J connectivity index is 2.05. The molecule has 1 N–H and O–H groups in total. The van der Waals surface area contributed by atoms with Crippen LogP contribution in [0, 0.1) is 0 Å². The standard InChI is InChI=1S/C15H15Cl2NOS/c1-2-13(14-7-4-8-20-14)18-15(19)9-10-11(16)5-3-6-12(10)17/h3-8,13H,2,9H2,1H3,(H,18,19). The lowest BCUT2D eigenvalue weighted by Gasteiger charge is -2.16. The number of hydrogen-bond donors (Lipinski definition) is 1. The summed E-state index contributed by atoms with van der Waals surface area (Å²) in [6.07, 6.45) is 1.04. The molecule has 0 aliphatic rings. The molecule has 20 heavy (non-hydrogen) atoms. The van der Waals surface area contributed by atoms with Gasteiger partial charge in [-0.15, -0.1) is 11.3 Å². The molecular weight excluding hydrogens is 313 g/mol. The van der Waals surface area contributed by atoms with E-state index in [-0.39, 0.29) is 18.4 Å². The molecule has 2 rings (SSSR count). The minimum absolute atomic E-state index is 0.0452. The third-order valence-electron chi connectivity index (χ3n) is 3.03. The second-order valence-electron chi connectivity index (χ2n) is 4.42. The first kappa shape index (κ1) is 15.4. The molecule has 0 fully saturated rings. The number of halogens is 2. The van der Waals surface area contributed by atoms with Gasteiger partial charge in [-0.1, -0.05) is 42.3 Å². The topological polar surface area (TPSA) is 29.1 Å². The van der Waals surface area contributed by atoms with Gasteiger partial charge >= 0.3 is 0 Å². The summed E-state index contributed by atoms with van der Waals surface area (Å²) in [5.41, 5.74) is 0.675. The van der Waals surface area contributed by atoms with Crippen LogP contribution in [0.3, 0.4) is 0 Å². The molecule has 1 heterocycles. The Kier molecular flexibility index (Phi) is 5.46. The molecule has 1 unspecified atom stereocenters. The molecule has 1 amide bonds. The Morgan fingerprint density at radius 3 is 2.50 bits per heavy atom. The number of benzene rings is 1. The summed E-state index contributed by atoms with van der Waals surface area (Å²) in [4.78, 5) is 13.3. The zero-order valence-electron chi connectivity index (χ0n) is 11.0. The third kappa shape index (κ3) is 3.75. The first-order valence-corrected chi connectivity index (χ1v) is 8.01. The van der Waals surface area contributed by atoms with Gasteiger partial charge in [-0.05, 0) is 35.6 Å². The van der Waals surface area contributed by atoms with Crippen LogP contribution >= 0.6 is 34.5 Å². The van der Waals surface area contributed by atoms with E-state index in [1.54, 1.807) is 29.5 Å². The van der Waals surface area contributed by atoms with Crippen molar-refractivity contribution >= 4 is 40.4 Å². The summed E-state index contributed by atoms with van der Waals surface area (Å²) in [5.74, 6) is -0.0692. The Morgan fingerprint density at radius 1 is 1.25 bits per heavy atom. The van der Waals surface area contributed by atoms with Crippen molar-refractivity contribution in [1.82, 2.24) is 5.32 Å². The number of hydrogen-bond acceptors (Lipinski definition) is 2. The smallest absolute Gasteiger partial charge is 0.225 e. The van der Waals surface area contributed by atoms with E-state index in [9.17, 15) is 4.79 Å². The fraction of sp³-hybridized carbons (Fsp3) is 0.267. The maximum Gasteiger partial charge on any atom is 0.225 e. The van der Waals surface area contributed by atoms with E-state index in [4.69, 9.17) is 23.2 Å². The number of nitrogens with one attached hydrogen (secondary N) is 1. The summed E-state index contributed by atoms with van der Waals surface area (Å²) >= 11 is 13.8. The Labute approximate surface area is 132 Å². The van der Waals surface area contributed by atoms with Crippen LogP contribution in [0.5, 0.6) is 0 Å². The van der Waals surface area contributed by atoms with Crippen LogP contribution in [-0.2, 0) is 11.2 Å². The summed E-state index contributed by atoms with van der Waals surface area (Å²) < 4.78 is 0. The van der Waals surface area contributed by atoms with Gasteiger partial charge in [0.1, 0.15) is 0 Å². The molecule has 0 saturated carbocycles. The van der Waals surface area contributed by atoms with Crippen molar-refractivity contribution in [2.24, 2.45) is 0 Å². The fourth-order valence-electron chi connectivity index (χ4n) is 1.97. The largest absolute Gasteiger partial charge is 0.348 e. The van der Waals surface area contributed by atoms with Gasteiger partial charge in [0.2, 0.25) is 5.91 Å². The van der Waals surface area contributed by atoms with Gasteiger partial charge in [0.25, 0.3) is 0 Å². The Hall–Kier alpha value is -1.03. The van der Waals surface area contributed by atoms with E-state index in [1.165, 1.54) is 0 Å².